The molecule has 2 heterocycles. The van der Waals surface area contributed by atoms with Gasteiger partial charge in [-0.2, -0.15) is 0 Å². The second kappa shape index (κ2) is 7.39. The van der Waals surface area contributed by atoms with E-state index in [9.17, 15) is 15.0 Å². The molecule has 0 radical (unpaired) electrons. The Kier molecular flexibility index (Phi) is 4.55. The SMILES string of the molecule is CN(C(=O)/C=C/c1ccco1)[C@@H]1CC[C@@]2(O)[C@H]3Cc4ccc(O)c5c4[C@@]2(CCC3CC2CC2)[C@H]1O5. The van der Waals surface area contributed by atoms with E-state index in [0.29, 0.717) is 30.3 Å². The fraction of sp³-hybridized carbons (Fsp3) is 0.552. The van der Waals surface area contributed by atoms with E-state index in [1.807, 2.05) is 19.2 Å². The van der Waals surface area contributed by atoms with Crippen LogP contribution in [0.25, 0.3) is 6.08 Å². The quantitative estimate of drug-likeness (QED) is 0.625. The second-order valence-corrected chi connectivity index (χ2v) is 11.6. The predicted molar refractivity (Wildman–Crippen MR) is 130 cm³/mol. The van der Waals surface area contributed by atoms with Crippen LogP contribution in [0, 0.1) is 17.8 Å². The van der Waals surface area contributed by atoms with Crippen LogP contribution < -0.4 is 4.74 Å². The van der Waals surface area contributed by atoms with Crippen LogP contribution in [0.1, 0.15) is 61.8 Å². The number of hydrogen-bond acceptors (Lipinski definition) is 5. The van der Waals surface area contributed by atoms with Crippen molar-refractivity contribution in [3.63, 3.8) is 0 Å². The van der Waals surface area contributed by atoms with Gasteiger partial charge in [0.15, 0.2) is 11.5 Å². The maximum Gasteiger partial charge on any atom is 0.246 e. The molecule has 3 saturated carbocycles. The van der Waals surface area contributed by atoms with Gasteiger partial charge < -0.3 is 24.3 Å². The first kappa shape index (κ1) is 21.5. The van der Waals surface area contributed by atoms with Crippen LogP contribution in [-0.2, 0) is 16.6 Å². The molecule has 1 amide bonds. The van der Waals surface area contributed by atoms with E-state index in [-0.39, 0.29) is 29.7 Å². The molecule has 0 saturated heterocycles. The third kappa shape index (κ3) is 2.89. The van der Waals surface area contributed by atoms with E-state index in [0.717, 1.165) is 30.7 Å². The van der Waals surface area contributed by atoms with Crippen molar-refractivity contribution in [3.8, 4) is 11.5 Å². The van der Waals surface area contributed by atoms with Gasteiger partial charge in [-0.05, 0) is 86.1 Å². The Morgan fingerprint density at radius 1 is 1.20 bits per heavy atom. The van der Waals surface area contributed by atoms with Crippen molar-refractivity contribution in [1.29, 1.82) is 0 Å². The third-order valence-corrected chi connectivity index (χ3v) is 9.99. The Morgan fingerprint density at radius 2 is 2.06 bits per heavy atom. The summed E-state index contributed by atoms with van der Waals surface area (Å²) in [4.78, 5) is 15.0. The Hall–Kier alpha value is -2.73. The van der Waals surface area contributed by atoms with Gasteiger partial charge in [-0.25, -0.2) is 0 Å². The van der Waals surface area contributed by atoms with Crippen molar-refractivity contribution in [1.82, 2.24) is 4.90 Å². The molecule has 2 bridgehead atoms. The summed E-state index contributed by atoms with van der Waals surface area (Å²) in [6, 6.07) is 7.20. The minimum Gasteiger partial charge on any atom is -0.504 e. The zero-order valence-electron chi connectivity index (χ0n) is 20.2. The number of rotatable bonds is 5. The number of phenols is 1. The third-order valence-electron chi connectivity index (χ3n) is 9.99. The minimum absolute atomic E-state index is 0.118. The van der Waals surface area contributed by atoms with Crippen LogP contribution >= 0.6 is 0 Å². The molecule has 35 heavy (non-hydrogen) atoms. The zero-order valence-corrected chi connectivity index (χ0v) is 20.2. The van der Waals surface area contributed by atoms with E-state index in [1.54, 1.807) is 35.4 Å². The average Bonchev–Trinajstić information content (AvgIpc) is 3.36. The van der Waals surface area contributed by atoms with E-state index in [1.165, 1.54) is 24.8 Å². The fourth-order valence-electron chi connectivity index (χ4n) is 8.23. The Bertz CT molecular complexity index is 1200. The smallest absolute Gasteiger partial charge is 0.246 e. The van der Waals surface area contributed by atoms with Crippen LogP contribution in [0.5, 0.6) is 11.5 Å². The predicted octanol–water partition coefficient (Wildman–Crippen LogP) is 4.43. The molecule has 184 valence electrons. The van der Waals surface area contributed by atoms with E-state index < -0.39 is 11.0 Å². The van der Waals surface area contributed by atoms with Gasteiger partial charge in [-0.1, -0.05) is 18.9 Å². The summed E-state index contributed by atoms with van der Waals surface area (Å²) >= 11 is 0. The van der Waals surface area contributed by atoms with Crippen molar-refractivity contribution in [2.75, 3.05) is 7.05 Å². The minimum atomic E-state index is -0.869. The topological polar surface area (TPSA) is 83.1 Å². The molecule has 3 fully saturated rings. The van der Waals surface area contributed by atoms with E-state index in [4.69, 9.17) is 9.15 Å². The molecule has 7 rings (SSSR count). The molecule has 2 aromatic rings. The molecule has 6 nitrogen and oxygen atoms in total. The van der Waals surface area contributed by atoms with Crippen molar-refractivity contribution in [3.05, 3.63) is 53.5 Å². The van der Waals surface area contributed by atoms with Gasteiger partial charge in [-0.3, -0.25) is 4.79 Å². The first-order valence-electron chi connectivity index (χ1n) is 13.1. The number of likely N-dealkylation sites (N-methyl/N-ethyl adjacent to an activating group) is 1. The summed E-state index contributed by atoms with van der Waals surface area (Å²) in [6.45, 7) is 0. The van der Waals surface area contributed by atoms with Crippen LogP contribution in [0.3, 0.4) is 0 Å². The van der Waals surface area contributed by atoms with Gasteiger partial charge in [-0.15, -0.1) is 0 Å². The molecule has 6 atom stereocenters. The highest BCUT2D eigenvalue weighted by Gasteiger charge is 2.73. The van der Waals surface area contributed by atoms with Crippen LogP contribution in [0.2, 0.25) is 0 Å². The second-order valence-electron chi connectivity index (χ2n) is 11.6. The Labute approximate surface area is 205 Å². The Balaban J connectivity index is 1.28. The fourth-order valence-corrected chi connectivity index (χ4v) is 8.23. The lowest BCUT2D eigenvalue weighted by atomic mass is 9.43. The molecule has 1 aromatic carbocycles. The number of furan rings is 1. The number of aromatic hydroxyl groups is 1. The molecule has 1 aromatic heterocycles. The molecule has 4 aliphatic carbocycles. The van der Waals surface area contributed by atoms with Gasteiger partial charge in [0.1, 0.15) is 11.9 Å². The highest BCUT2D eigenvalue weighted by molar-refractivity contribution is 5.91. The largest absolute Gasteiger partial charge is 0.504 e. The first-order chi connectivity index (χ1) is 16.9. The van der Waals surface area contributed by atoms with Gasteiger partial charge >= 0.3 is 0 Å². The number of ether oxygens (including phenoxy) is 1. The van der Waals surface area contributed by atoms with E-state index in [2.05, 4.69) is 0 Å². The highest BCUT2D eigenvalue weighted by atomic mass is 16.5. The van der Waals surface area contributed by atoms with Gasteiger partial charge in [0, 0.05) is 18.7 Å². The summed E-state index contributed by atoms with van der Waals surface area (Å²) in [5, 5.41) is 23.4. The number of carbonyl (C=O) groups is 1. The van der Waals surface area contributed by atoms with Crippen molar-refractivity contribution >= 4 is 12.0 Å². The standard InChI is InChI=1S/C29H33NO5/c1-30(24(32)9-7-20-3-2-14-34-20)22-11-13-29(33)21-16-19-6-8-23(31)26-25(19)28(29,27(22)35-26)12-10-18(21)15-17-4-5-17/h2-3,6-9,14,17-18,21-22,27,31,33H,4-5,10-13,15-16H2,1H3/b9-7+/t18?,21-,22+,27-,28-,29+/m0/s1. The molecule has 1 spiro atoms. The average molecular weight is 476 g/mol. The van der Waals surface area contributed by atoms with Crippen LogP contribution in [0.4, 0.5) is 0 Å². The number of carbonyl (C=O) groups excluding carboxylic acids is 1. The number of phenolic OH excluding ortho intramolecular Hbond substituents is 1. The van der Waals surface area contributed by atoms with Gasteiger partial charge in [0.25, 0.3) is 0 Å². The van der Waals surface area contributed by atoms with Crippen LogP contribution in [-0.4, -0.2) is 45.8 Å². The lowest BCUT2D eigenvalue weighted by Crippen LogP contribution is -2.73. The lowest BCUT2D eigenvalue weighted by molar-refractivity contribution is -0.201. The highest BCUT2D eigenvalue weighted by Crippen LogP contribution is 2.69. The number of aliphatic hydroxyl groups is 1. The van der Waals surface area contributed by atoms with Crippen molar-refractivity contribution in [2.45, 2.75) is 74.5 Å². The zero-order chi connectivity index (χ0) is 23.9. The van der Waals surface area contributed by atoms with E-state index >= 15 is 0 Å². The summed E-state index contributed by atoms with van der Waals surface area (Å²) < 4.78 is 11.9. The molecule has 2 N–H and O–H groups in total. The molecular formula is C29H33NO5. The first-order valence-corrected chi connectivity index (χ1v) is 13.1. The van der Waals surface area contributed by atoms with Crippen LogP contribution in [0.15, 0.2) is 41.0 Å². The maximum absolute atomic E-state index is 13.2. The number of nitrogens with zero attached hydrogens (tertiary/aromatic N) is 1. The summed E-state index contributed by atoms with van der Waals surface area (Å²) in [5.41, 5.74) is 0.776. The molecule has 1 aliphatic heterocycles. The molecule has 1 unspecified atom stereocenters. The normalized spacial score (nSPS) is 36.6. The molecular weight excluding hydrogens is 442 g/mol. The van der Waals surface area contributed by atoms with Gasteiger partial charge in [0.05, 0.1) is 23.3 Å². The lowest BCUT2D eigenvalue weighted by Gasteiger charge is -2.64. The molecule has 6 heteroatoms. The summed E-state index contributed by atoms with van der Waals surface area (Å²) in [6.07, 6.45) is 12.4. The number of hydrogen-bond donors (Lipinski definition) is 2. The summed E-state index contributed by atoms with van der Waals surface area (Å²) in [7, 11) is 1.83. The molecule has 5 aliphatic rings. The summed E-state index contributed by atoms with van der Waals surface area (Å²) in [5.74, 6) is 2.73. The Morgan fingerprint density at radius 3 is 2.83 bits per heavy atom. The maximum atomic E-state index is 13.2. The number of benzene rings is 1. The number of amides is 1. The van der Waals surface area contributed by atoms with Crippen molar-refractivity contribution < 1.29 is 24.2 Å². The van der Waals surface area contributed by atoms with Gasteiger partial charge in [0.2, 0.25) is 5.91 Å². The van der Waals surface area contributed by atoms with Crippen molar-refractivity contribution in [2.24, 2.45) is 17.8 Å². The monoisotopic (exact) mass is 475 g/mol.